The van der Waals surface area contributed by atoms with E-state index in [0.29, 0.717) is 0 Å². The van der Waals surface area contributed by atoms with Crippen LogP contribution in [0, 0.1) is 13.8 Å². The van der Waals surface area contributed by atoms with Gasteiger partial charge in [-0.15, -0.1) is 11.3 Å². The van der Waals surface area contributed by atoms with Crippen molar-refractivity contribution < 1.29 is 0 Å². The van der Waals surface area contributed by atoms with E-state index in [4.69, 9.17) is 0 Å². The summed E-state index contributed by atoms with van der Waals surface area (Å²) in [5, 5.41) is 1.20. The molecule has 80 valence electrons. The summed E-state index contributed by atoms with van der Waals surface area (Å²) in [4.78, 5) is 5.81. The maximum atomic E-state index is 4.44. The molecule has 0 saturated heterocycles. The molecule has 0 atom stereocenters. The van der Waals surface area contributed by atoms with Crippen LogP contribution in [0.3, 0.4) is 0 Å². The smallest absolute Gasteiger partial charge is 0.113 e. The van der Waals surface area contributed by atoms with Crippen LogP contribution in [0.5, 0.6) is 0 Å². The Labute approximate surface area is 94.6 Å². The highest BCUT2D eigenvalue weighted by Gasteiger charge is 2.05. The maximum absolute atomic E-state index is 4.44. The van der Waals surface area contributed by atoms with Crippen LogP contribution in [0.1, 0.15) is 28.2 Å². The van der Waals surface area contributed by atoms with Crippen molar-refractivity contribution in [2.45, 2.75) is 33.7 Å². The average Bonchev–Trinajstić information content (AvgIpc) is 2.80. The number of thiazole rings is 1. The normalized spacial score (nSPS) is 10.9. The maximum Gasteiger partial charge on any atom is 0.113 e. The predicted octanol–water partition coefficient (Wildman–Crippen LogP) is 3.17. The molecular formula is C12H16N2S. The first kappa shape index (κ1) is 10.4. The van der Waals surface area contributed by atoms with Gasteiger partial charge >= 0.3 is 0 Å². The zero-order valence-corrected chi connectivity index (χ0v) is 10.3. The second-order valence-corrected chi connectivity index (χ2v) is 4.98. The van der Waals surface area contributed by atoms with Gasteiger partial charge in [-0.05, 0) is 32.4 Å². The van der Waals surface area contributed by atoms with E-state index in [-0.39, 0.29) is 0 Å². The van der Waals surface area contributed by atoms with Gasteiger partial charge in [-0.1, -0.05) is 6.92 Å². The Morgan fingerprint density at radius 2 is 1.93 bits per heavy atom. The molecule has 0 radical (unpaired) electrons. The molecule has 15 heavy (non-hydrogen) atoms. The number of hydrogen-bond acceptors (Lipinski definition) is 2. The molecule has 2 aromatic rings. The quantitative estimate of drug-likeness (QED) is 0.777. The summed E-state index contributed by atoms with van der Waals surface area (Å²) in [5.41, 5.74) is 2.61. The fourth-order valence-electron chi connectivity index (χ4n) is 1.67. The van der Waals surface area contributed by atoms with Gasteiger partial charge in [0.05, 0.1) is 6.54 Å². The summed E-state index contributed by atoms with van der Waals surface area (Å²) in [5.74, 6) is 0. The molecule has 2 rings (SSSR count). The molecule has 0 unspecified atom stereocenters. The van der Waals surface area contributed by atoms with E-state index in [1.165, 1.54) is 21.3 Å². The van der Waals surface area contributed by atoms with Gasteiger partial charge in [-0.2, -0.15) is 0 Å². The van der Waals surface area contributed by atoms with Crippen molar-refractivity contribution in [1.29, 1.82) is 0 Å². The lowest BCUT2D eigenvalue weighted by atomic mass is 10.4. The molecule has 0 aliphatic carbocycles. The lowest BCUT2D eigenvalue weighted by Gasteiger charge is -2.06. The van der Waals surface area contributed by atoms with Crippen LogP contribution in [0.25, 0.3) is 0 Å². The Morgan fingerprint density at radius 3 is 2.47 bits per heavy atom. The van der Waals surface area contributed by atoms with Gasteiger partial charge in [-0.3, -0.25) is 0 Å². The lowest BCUT2D eigenvalue weighted by Crippen LogP contribution is -2.02. The monoisotopic (exact) mass is 220 g/mol. The van der Waals surface area contributed by atoms with E-state index in [1.54, 1.807) is 0 Å². The van der Waals surface area contributed by atoms with Crippen LogP contribution in [0.15, 0.2) is 18.3 Å². The van der Waals surface area contributed by atoms with Crippen molar-refractivity contribution in [3.63, 3.8) is 0 Å². The van der Waals surface area contributed by atoms with Crippen LogP contribution >= 0.6 is 11.3 Å². The fourth-order valence-corrected chi connectivity index (χ4v) is 2.52. The molecule has 0 aliphatic rings. The fraction of sp³-hybridized carbons (Fsp3) is 0.417. The topological polar surface area (TPSA) is 17.8 Å². The third-order valence-corrected chi connectivity index (χ3v) is 3.79. The molecule has 0 N–H and O–H groups in total. The first-order valence-corrected chi connectivity index (χ1v) is 6.08. The molecule has 2 heterocycles. The molecule has 2 aromatic heterocycles. The molecule has 0 spiro atoms. The van der Waals surface area contributed by atoms with Gasteiger partial charge in [-0.25, -0.2) is 4.98 Å². The first-order valence-electron chi connectivity index (χ1n) is 5.27. The minimum atomic E-state index is 0.912. The first-order chi connectivity index (χ1) is 7.20. The van der Waals surface area contributed by atoms with E-state index < -0.39 is 0 Å². The van der Waals surface area contributed by atoms with Gasteiger partial charge in [0.1, 0.15) is 5.01 Å². The second kappa shape index (κ2) is 4.19. The molecule has 3 heteroatoms. The van der Waals surface area contributed by atoms with Gasteiger partial charge in [0.15, 0.2) is 0 Å². The number of aryl methyl sites for hydroxylation is 3. The Bertz CT molecular complexity index is 434. The molecule has 0 bridgehead atoms. The summed E-state index contributed by atoms with van der Waals surface area (Å²) in [6, 6.07) is 4.31. The Kier molecular flexibility index (Phi) is 2.91. The predicted molar refractivity (Wildman–Crippen MR) is 64.5 cm³/mol. The molecule has 0 aliphatic heterocycles. The van der Waals surface area contributed by atoms with Crippen molar-refractivity contribution in [2.75, 3.05) is 0 Å². The zero-order valence-electron chi connectivity index (χ0n) is 9.45. The third-order valence-electron chi connectivity index (χ3n) is 2.66. The Balaban J connectivity index is 2.21. The number of aromatic nitrogens is 2. The van der Waals surface area contributed by atoms with Crippen molar-refractivity contribution in [3.05, 3.63) is 39.6 Å². The Morgan fingerprint density at radius 1 is 1.27 bits per heavy atom. The van der Waals surface area contributed by atoms with E-state index in [9.17, 15) is 0 Å². The van der Waals surface area contributed by atoms with Crippen LogP contribution < -0.4 is 0 Å². The molecule has 2 nitrogen and oxygen atoms in total. The number of nitrogens with zero attached hydrogens (tertiary/aromatic N) is 2. The summed E-state index contributed by atoms with van der Waals surface area (Å²) < 4.78 is 2.30. The molecule has 0 saturated carbocycles. The van der Waals surface area contributed by atoms with Crippen LogP contribution in [0.4, 0.5) is 0 Å². The van der Waals surface area contributed by atoms with Crippen LogP contribution in [0.2, 0.25) is 0 Å². The van der Waals surface area contributed by atoms with Crippen LogP contribution in [-0.4, -0.2) is 9.55 Å². The number of rotatable bonds is 3. The minimum absolute atomic E-state index is 0.912. The highest BCUT2D eigenvalue weighted by molar-refractivity contribution is 7.11. The van der Waals surface area contributed by atoms with Gasteiger partial charge in [0.2, 0.25) is 0 Å². The molecular weight excluding hydrogens is 204 g/mol. The standard InChI is InChI=1S/C12H16N2S/c1-4-11-7-13-12(15-11)8-14-9(2)5-6-10(14)3/h5-7H,4,8H2,1-3H3. The highest BCUT2D eigenvalue weighted by Crippen LogP contribution is 2.17. The summed E-state index contributed by atoms with van der Waals surface area (Å²) in [7, 11) is 0. The highest BCUT2D eigenvalue weighted by atomic mass is 32.1. The minimum Gasteiger partial charge on any atom is -0.342 e. The average molecular weight is 220 g/mol. The van der Waals surface area contributed by atoms with E-state index in [2.05, 4.69) is 42.5 Å². The van der Waals surface area contributed by atoms with Crippen molar-refractivity contribution in [1.82, 2.24) is 9.55 Å². The van der Waals surface area contributed by atoms with Crippen molar-refractivity contribution in [2.24, 2.45) is 0 Å². The lowest BCUT2D eigenvalue weighted by molar-refractivity contribution is 0.744. The third kappa shape index (κ3) is 2.12. The largest absolute Gasteiger partial charge is 0.342 e. The summed E-state index contributed by atoms with van der Waals surface area (Å²) in [6.07, 6.45) is 3.08. The van der Waals surface area contributed by atoms with Gasteiger partial charge in [0, 0.05) is 22.5 Å². The van der Waals surface area contributed by atoms with Crippen LogP contribution in [-0.2, 0) is 13.0 Å². The number of hydrogen-bond donors (Lipinski definition) is 0. The molecule has 0 aromatic carbocycles. The zero-order chi connectivity index (χ0) is 10.8. The van der Waals surface area contributed by atoms with E-state index >= 15 is 0 Å². The SMILES string of the molecule is CCc1cnc(Cn2c(C)ccc2C)s1. The summed E-state index contributed by atoms with van der Waals surface area (Å²) in [6.45, 7) is 7.36. The molecule has 0 amide bonds. The van der Waals surface area contributed by atoms with Crippen molar-refractivity contribution in [3.8, 4) is 0 Å². The molecule has 0 fully saturated rings. The van der Waals surface area contributed by atoms with E-state index in [1.807, 2.05) is 17.5 Å². The second-order valence-electron chi connectivity index (χ2n) is 3.78. The van der Waals surface area contributed by atoms with E-state index in [0.717, 1.165) is 13.0 Å². The van der Waals surface area contributed by atoms with Gasteiger partial charge in [0.25, 0.3) is 0 Å². The van der Waals surface area contributed by atoms with Crippen molar-refractivity contribution >= 4 is 11.3 Å². The Hall–Kier alpha value is -1.09. The van der Waals surface area contributed by atoms with Gasteiger partial charge < -0.3 is 4.57 Å². The summed E-state index contributed by atoms with van der Waals surface area (Å²) >= 11 is 1.82.